The molecule has 1 saturated heterocycles. The third kappa shape index (κ3) is 3.72. The molecular weight excluding hydrogens is 340 g/mol. The number of imidazole rings is 1. The summed E-state index contributed by atoms with van der Waals surface area (Å²) in [6.07, 6.45) is 3.90. The Labute approximate surface area is 160 Å². The summed E-state index contributed by atoms with van der Waals surface area (Å²) in [6, 6.07) is 8.30. The molecule has 1 amide bonds. The van der Waals surface area contributed by atoms with E-state index in [1.54, 1.807) is 7.11 Å². The van der Waals surface area contributed by atoms with Gasteiger partial charge in [0.2, 0.25) is 0 Å². The molecular formula is C21H28N4O2. The number of fused-ring (bicyclic) bond motifs is 1. The van der Waals surface area contributed by atoms with Gasteiger partial charge in [0.25, 0.3) is 5.91 Å². The van der Waals surface area contributed by atoms with Gasteiger partial charge < -0.3 is 19.1 Å². The van der Waals surface area contributed by atoms with Crippen LogP contribution in [0.5, 0.6) is 5.75 Å². The van der Waals surface area contributed by atoms with Gasteiger partial charge in [0, 0.05) is 51.3 Å². The normalized spacial score (nSPS) is 20.4. The minimum absolute atomic E-state index is 0.0746. The molecule has 4 rings (SSSR count). The Morgan fingerprint density at radius 1 is 1.26 bits per heavy atom. The van der Waals surface area contributed by atoms with Gasteiger partial charge in [-0.2, -0.15) is 0 Å². The maximum absolute atomic E-state index is 12.9. The SMILES string of the molecule is CCN1CCN(C(=O)c2cn3c(n2)CCC(c2cccc(OC)c2)C3)CC1. The Bertz CT molecular complexity index is 808. The number of hydrogen-bond acceptors (Lipinski definition) is 4. The number of aromatic nitrogens is 2. The maximum Gasteiger partial charge on any atom is 0.274 e. The van der Waals surface area contributed by atoms with Crippen LogP contribution in [-0.2, 0) is 13.0 Å². The third-order valence-corrected chi connectivity index (χ3v) is 5.88. The van der Waals surface area contributed by atoms with Crippen LogP contribution in [0.2, 0.25) is 0 Å². The van der Waals surface area contributed by atoms with Crippen LogP contribution in [0.1, 0.15) is 41.1 Å². The van der Waals surface area contributed by atoms with Gasteiger partial charge in [0.05, 0.1) is 7.11 Å². The smallest absolute Gasteiger partial charge is 0.274 e. The van der Waals surface area contributed by atoms with Crippen LogP contribution in [0.3, 0.4) is 0 Å². The van der Waals surface area contributed by atoms with Crippen LogP contribution in [-0.4, -0.2) is 65.1 Å². The van der Waals surface area contributed by atoms with Crippen LogP contribution < -0.4 is 4.74 Å². The Morgan fingerprint density at radius 2 is 2.07 bits per heavy atom. The van der Waals surface area contributed by atoms with Gasteiger partial charge in [-0.1, -0.05) is 19.1 Å². The van der Waals surface area contributed by atoms with Gasteiger partial charge >= 0.3 is 0 Å². The third-order valence-electron chi connectivity index (χ3n) is 5.88. The van der Waals surface area contributed by atoms with Crippen LogP contribution in [0.4, 0.5) is 0 Å². The van der Waals surface area contributed by atoms with E-state index in [1.807, 2.05) is 23.2 Å². The van der Waals surface area contributed by atoms with Crippen molar-refractivity contribution in [3.05, 3.63) is 47.5 Å². The molecule has 0 bridgehead atoms. The van der Waals surface area contributed by atoms with Crippen molar-refractivity contribution in [1.29, 1.82) is 0 Å². The van der Waals surface area contributed by atoms with Crippen molar-refractivity contribution in [3.8, 4) is 5.75 Å². The monoisotopic (exact) mass is 368 g/mol. The average Bonchev–Trinajstić information content (AvgIpc) is 3.16. The van der Waals surface area contributed by atoms with E-state index in [1.165, 1.54) is 5.56 Å². The highest BCUT2D eigenvalue weighted by Gasteiger charge is 2.27. The van der Waals surface area contributed by atoms with Crippen molar-refractivity contribution in [1.82, 2.24) is 19.4 Å². The number of piperazine rings is 1. The van der Waals surface area contributed by atoms with Gasteiger partial charge in [-0.3, -0.25) is 4.79 Å². The predicted molar refractivity (Wildman–Crippen MR) is 104 cm³/mol. The van der Waals surface area contributed by atoms with Crippen LogP contribution in [0, 0.1) is 0 Å². The average molecular weight is 368 g/mol. The highest BCUT2D eigenvalue weighted by Crippen LogP contribution is 2.30. The van der Waals surface area contributed by atoms with E-state index in [0.717, 1.165) is 63.7 Å². The number of likely N-dealkylation sites (N-methyl/N-ethyl adjacent to an activating group) is 1. The fourth-order valence-electron chi connectivity index (χ4n) is 4.14. The molecule has 6 nitrogen and oxygen atoms in total. The first-order valence-corrected chi connectivity index (χ1v) is 9.89. The first-order chi connectivity index (χ1) is 13.2. The second kappa shape index (κ2) is 7.72. The molecule has 2 aliphatic heterocycles. The van der Waals surface area contributed by atoms with Gasteiger partial charge in [0.15, 0.2) is 0 Å². The van der Waals surface area contributed by atoms with Crippen LogP contribution >= 0.6 is 0 Å². The summed E-state index contributed by atoms with van der Waals surface area (Å²) < 4.78 is 7.53. The summed E-state index contributed by atoms with van der Waals surface area (Å²) in [4.78, 5) is 21.8. The number of benzene rings is 1. The molecule has 3 heterocycles. The van der Waals surface area contributed by atoms with Crippen molar-refractivity contribution in [2.45, 2.75) is 32.2 Å². The second-order valence-electron chi connectivity index (χ2n) is 7.43. The maximum atomic E-state index is 12.9. The number of carbonyl (C=O) groups excluding carboxylic acids is 1. The molecule has 27 heavy (non-hydrogen) atoms. The Kier molecular flexibility index (Phi) is 5.16. The number of ether oxygens (including phenoxy) is 1. The molecule has 0 spiro atoms. The zero-order valence-corrected chi connectivity index (χ0v) is 16.2. The molecule has 2 aromatic rings. The minimum Gasteiger partial charge on any atom is -0.497 e. The summed E-state index contributed by atoms with van der Waals surface area (Å²) in [5, 5.41) is 0. The fourth-order valence-corrected chi connectivity index (χ4v) is 4.14. The summed E-state index contributed by atoms with van der Waals surface area (Å²) in [6.45, 7) is 7.57. The molecule has 144 valence electrons. The summed E-state index contributed by atoms with van der Waals surface area (Å²) >= 11 is 0. The van der Waals surface area contributed by atoms with Crippen molar-refractivity contribution in [2.75, 3.05) is 39.8 Å². The molecule has 1 aromatic carbocycles. The lowest BCUT2D eigenvalue weighted by Gasteiger charge is -2.33. The van der Waals surface area contributed by atoms with Crippen LogP contribution in [0.15, 0.2) is 30.5 Å². The quantitative estimate of drug-likeness (QED) is 0.832. The molecule has 0 saturated carbocycles. The summed E-state index contributed by atoms with van der Waals surface area (Å²) in [5.74, 6) is 2.43. The fraction of sp³-hybridized carbons (Fsp3) is 0.524. The molecule has 1 atom stereocenters. The van der Waals surface area contributed by atoms with E-state index in [2.05, 4.69) is 33.5 Å². The van der Waals surface area contributed by atoms with E-state index >= 15 is 0 Å². The lowest BCUT2D eigenvalue weighted by atomic mass is 9.91. The zero-order chi connectivity index (χ0) is 18.8. The Morgan fingerprint density at radius 3 is 2.81 bits per heavy atom. The standard InChI is InChI=1S/C21H28N4O2/c1-3-23-9-11-24(12-10-23)21(26)19-15-25-14-17(7-8-20(25)22-19)16-5-4-6-18(13-16)27-2/h4-6,13,15,17H,3,7-12,14H2,1-2H3. The van der Waals surface area contributed by atoms with E-state index in [-0.39, 0.29) is 5.91 Å². The first kappa shape index (κ1) is 18.0. The number of methoxy groups -OCH3 is 1. The number of rotatable bonds is 4. The minimum atomic E-state index is 0.0746. The molecule has 0 N–H and O–H groups in total. The van der Waals surface area contributed by atoms with Crippen molar-refractivity contribution in [2.24, 2.45) is 0 Å². The Balaban J connectivity index is 1.46. The number of aryl methyl sites for hydroxylation is 1. The predicted octanol–water partition coefficient (Wildman–Crippen LogP) is 2.40. The van der Waals surface area contributed by atoms with E-state index in [0.29, 0.717) is 11.6 Å². The lowest BCUT2D eigenvalue weighted by Crippen LogP contribution is -2.48. The summed E-state index contributed by atoms with van der Waals surface area (Å²) in [5.41, 5.74) is 1.89. The zero-order valence-electron chi connectivity index (χ0n) is 16.2. The highest BCUT2D eigenvalue weighted by atomic mass is 16.5. The van der Waals surface area contributed by atoms with Crippen LogP contribution in [0.25, 0.3) is 0 Å². The van der Waals surface area contributed by atoms with Crippen molar-refractivity contribution >= 4 is 5.91 Å². The summed E-state index contributed by atoms with van der Waals surface area (Å²) in [7, 11) is 1.70. The molecule has 0 aliphatic carbocycles. The second-order valence-corrected chi connectivity index (χ2v) is 7.43. The van der Waals surface area contributed by atoms with Gasteiger partial charge in [0.1, 0.15) is 17.3 Å². The molecule has 1 unspecified atom stereocenters. The number of hydrogen-bond donors (Lipinski definition) is 0. The van der Waals surface area contributed by atoms with Crippen molar-refractivity contribution in [3.63, 3.8) is 0 Å². The number of carbonyl (C=O) groups is 1. The lowest BCUT2D eigenvalue weighted by molar-refractivity contribution is 0.0638. The largest absolute Gasteiger partial charge is 0.497 e. The number of amides is 1. The topological polar surface area (TPSA) is 50.6 Å². The van der Waals surface area contributed by atoms with Crippen molar-refractivity contribution < 1.29 is 9.53 Å². The van der Waals surface area contributed by atoms with Gasteiger partial charge in [-0.05, 0) is 30.7 Å². The molecule has 2 aliphatic rings. The Hall–Kier alpha value is -2.34. The molecule has 6 heteroatoms. The first-order valence-electron chi connectivity index (χ1n) is 9.89. The van der Waals surface area contributed by atoms with E-state index in [9.17, 15) is 4.79 Å². The van der Waals surface area contributed by atoms with E-state index in [4.69, 9.17) is 4.74 Å². The van der Waals surface area contributed by atoms with E-state index < -0.39 is 0 Å². The molecule has 1 fully saturated rings. The highest BCUT2D eigenvalue weighted by molar-refractivity contribution is 5.92. The number of nitrogens with zero attached hydrogens (tertiary/aromatic N) is 4. The molecule has 1 aromatic heterocycles. The van der Waals surface area contributed by atoms with Gasteiger partial charge in [-0.25, -0.2) is 4.98 Å². The molecule has 0 radical (unpaired) electrons. The van der Waals surface area contributed by atoms with Gasteiger partial charge in [-0.15, -0.1) is 0 Å².